The molecule has 2 rings (SSSR count). The average molecular weight is 304 g/mol. The molecule has 0 unspecified atom stereocenters. The predicted octanol–water partition coefficient (Wildman–Crippen LogP) is 1.46. The molecule has 122 valence electrons. The molecule has 0 amide bonds. The summed E-state index contributed by atoms with van der Waals surface area (Å²) in [6, 6.07) is 11.1. The third kappa shape index (κ3) is 6.03. The van der Waals surface area contributed by atoms with E-state index in [0.29, 0.717) is 0 Å². The minimum atomic E-state index is 0.760. The van der Waals surface area contributed by atoms with E-state index in [9.17, 15) is 0 Å². The van der Waals surface area contributed by atoms with Crippen molar-refractivity contribution in [1.29, 1.82) is 0 Å². The van der Waals surface area contributed by atoms with Gasteiger partial charge in [0.05, 0.1) is 6.61 Å². The van der Waals surface area contributed by atoms with Crippen LogP contribution in [0.25, 0.3) is 0 Å². The van der Waals surface area contributed by atoms with Crippen LogP contribution in [0.3, 0.4) is 0 Å². The predicted molar refractivity (Wildman–Crippen MR) is 91.1 cm³/mol. The Balaban J connectivity index is 1.67. The Morgan fingerprint density at radius 2 is 2.00 bits per heavy atom. The molecule has 0 atom stereocenters. The lowest BCUT2D eigenvalue weighted by molar-refractivity contribution is 0.144. The summed E-state index contributed by atoms with van der Waals surface area (Å²) in [6.07, 6.45) is 2.65. The molecule has 5 heteroatoms. The van der Waals surface area contributed by atoms with E-state index in [-0.39, 0.29) is 0 Å². The second kappa shape index (κ2) is 9.43. The first-order chi connectivity index (χ1) is 10.8. The molecule has 1 saturated carbocycles. The van der Waals surface area contributed by atoms with E-state index < -0.39 is 0 Å². The minimum absolute atomic E-state index is 0.760. The molecule has 0 heterocycles. The van der Waals surface area contributed by atoms with Crippen LogP contribution in [0.1, 0.15) is 18.4 Å². The van der Waals surface area contributed by atoms with Gasteiger partial charge in [-0.15, -0.1) is 0 Å². The fourth-order valence-electron chi connectivity index (χ4n) is 2.45. The molecule has 0 spiro atoms. The highest BCUT2D eigenvalue weighted by atomic mass is 16.5. The van der Waals surface area contributed by atoms with Gasteiger partial charge in [-0.2, -0.15) is 0 Å². The van der Waals surface area contributed by atoms with Crippen LogP contribution in [-0.2, 0) is 11.3 Å². The molecule has 0 radical (unpaired) electrons. The summed E-state index contributed by atoms with van der Waals surface area (Å²) in [5.74, 6) is 0.853. The number of hydrogen-bond acceptors (Lipinski definition) is 3. The van der Waals surface area contributed by atoms with Gasteiger partial charge in [-0.3, -0.25) is 9.89 Å². The van der Waals surface area contributed by atoms with Crippen molar-refractivity contribution in [2.45, 2.75) is 25.4 Å². The smallest absolute Gasteiger partial charge is 0.191 e. The van der Waals surface area contributed by atoms with Gasteiger partial charge in [-0.1, -0.05) is 30.3 Å². The van der Waals surface area contributed by atoms with Crippen LogP contribution in [0.15, 0.2) is 35.3 Å². The Bertz CT molecular complexity index is 445. The first-order valence-electron chi connectivity index (χ1n) is 8.05. The van der Waals surface area contributed by atoms with Crippen LogP contribution in [0, 0.1) is 0 Å². The third-order valence-corrected chi connectivity index (χ3v) is 3.86. The Hall–Kier alpha value is -1.59. The maximum absolute atomic E-state index is 5.19. The number of hydrogen-bond donors (Lipinski definition) is 2. The Labute approximate surface area is 133 Å². The highest BCUT2D eigenvalue weighted by Crippen LogP contribution is 2.25. The van der Waals surface area contributed by atoms with Gasteiger partial charge in [0.1, 0.15) is 0 Å². The van der Waals surface area contributed by atoms with Crippen LogP contribution in [0.5, 0.6) is 0 Å². The topological polar surface area (TPSA) is 48.9 Å². The highest BCUT2D eigenvalue weighted by Gasteiger charge is 2.28. The molecule has 0 aromatic heterocycles. The number of rotatable bonds is 9. The number of guanidine groups is 1. The molecule has 0 aliphatic heterocycles. The van der Waals surface area contributed by atoms with Crippen molar-refractivity contribution >= 4 is 5.96 Å². The fourth-order valence-corrected chi connectivity index (χ4v) is 2.45. The zero-order chi connectivity index (χ0) is 15.6. The van der Waals surface area contributed by atoms with Crippen molar-refractivity contribution in [3.8, 4) is 0 Å². The van der Waals surface area contributed by atoms with Gasteiger partial charge in [0, 0.05) is 46.4 Å². The minimum Gasteiger partial charge on any atom is -0.383 e. The summed E-state index contributed by atoms with van der Waals surface area (Å²) in [7, 11) is 3.57. The zero-order valence-corrected chi connectivity index (χ0v) is 13.7. The van der Waals surface area contributed by atoms with Gasteiger partial charge < -0.3 is 15.4 Å². The number of methoxy groups -OCH3 is 1. The number of nitrogens with zero attached hydrogens (tertiary/aromatic N) is 2. The van der Waals surface area contributed by atoms with Crippen LogP contribution in [0.2, 0.25) is 0 Å². The quantitative estimate of drug-likeness (QED) is 0.536. The lowest BCUT2D eigenvalue weighted by Gasteiger charge is -2.22. The van der Waals surface area contributed by atoms with Gasteiger partial charge in [0.15, 0.2) is 5.96 Å². The number of ether oxygens (including phenoxy) is 1. The number of nitrogens with one attached hydrogen (secondary N) is 2. The second-order valence-electron chi connectivity index (χ2n) is 5.60. The SMILES string of the molecule is CN=C(NCCN(CCOC)C1CC1)NCc1ccccc1. The average Bonchev–Trinajstić information content (AvgIpc) is 3.39. The van der Waals surface area contributed by atoms with Gasteiger partial charge >= 0.3 is 0 Å². The van der Waals surface area contributed by atoms with Gasteiger partial charge in [-0.25, -0.2) is 0 Å². The van der Waals surface area contributed by atoms with Crippen molar-refractivity contribution < 1.29 is 4.74 Å². The fraction of sp³-hybridized carbons (Fsp3) is 0.588. The molecular weight excluding hydrogens is 276 g/mol. The molecule has 1 aromatic rings. The van der Waals surface area contributed by atoms with Crippen molar-refractivity contribution in [1.82, 2.24) is 15.5 Å². The monoisotopic (exact) mass is 304 g/mol. The standard InChI is InChI=1S/C17H28N4O/c1-18-17(20-14-15-6-4-3-5-7-15)19-10-11-21(12-13-22-2)16-8-9-16/h3-7,16H,8-14H2,1-2H3,(H2,18,19,20). The van der Waals surface area contributed by atoms with Crippen molar-refractivity contribution in [2.24, 2.45) is 4.99 Å². The summed E-state index contributed by atoms with van der Waals surface area (Å²) < 4.78 is 5.19. The van der Waals surface area contributed by atoms with E-state index in [1.165, 1.54) is 18.4 Å². The van der Waals surface area contributed by atoms with Crippen molar-refractivity contribution in [2.75, 3.05) is 40.4 Å². The van der Waals surface area contributed by atoms with E-state index >= 15 is 0 Å². The summed E-state index contributed by atoms with van der Waals surface area (Å²) in [6.45, 7) is 4.53. The maximum atomic E-state index is 5.19. The molecule has 5 nitrogen and oxygen atoms in total. The molecule has 22 heavy (non-hydrogen) atoms. The maximum Gasteiger partial charge on any atom is 0.191 e. The highest BCUT2D eigenvalue weighted by molar-refractivity contribution is 5.79. The van der Waals surface area contributed by atoms with E-state index in [1.807, 2.05) is 13.1 Å². The molecule has 0 bridgehead atoms. The van der Waals surface area contributed by atoms with Gasteiger partial charge in [0.25, 0.3) is 0 Å². The van der Waals surface area contributed by atoms with Crippen molar-refractivity contribution in [3.05, 3.63) is 35.9 Å². The van der Waals surface area contributed by atoms with E-state index in [0.717, 1.165) is 44.8 Å². The largest absolute Gasteiger partial charge is 0.383 e. The third-order valence-electron chi connectivity index (χ3n) is 3.86. The summed E-state index contributed by atoms with van der Waals surface area (Å²) in [5.41, 5.74) is 1.25. The van der Waals surface area contributed by atoms with E-state index in [1.54, 1.807) is 7.11 Å². The molecule has 1 aliphatic carbocycles. The van der Waals surface area contributed by atoms with Crippen LogP contribution in [-0.4, -0.2) is 57.3 Å². The summed E-state index contributed by atoms with van der Waals surface area (Å²) >= 11 is 0. The molecule has 1 aliphatic rings. The second-order valence-corrected chi connectivity index (χ2v) is 5.60. The Kier molecular flexibility index (Phi) is 7.19. The van der Waals surface area contributed by atoms with Gasteiger partial charge in [0.2, 0.25) is 0 Å². The van der Waals surface area contributed by atoms with Crippen LogP contribution >= 0.6 is 0 Å². The van der Waals surface area contributed by atoms with Crippen molar-refractivity contribution in [3.63, 3.8) is 0 Å². The molecule has 1 fully saturated rings. The molecule has 2 N–H and O–H groups in total. The van der Waals surface area contributed by atoms with Gasteiger partial charge in [-0.05, 0) is 18.4 Å². The first-order valence-corrected chi connectivity index (χ1v) is 8.05. The molecular formula is C17H28N4O. The van der Waals surface area contributed by atoms with Crippen LogP contribution in [0.4, 0.5) is 0 Å². The number of aliphatic imine (C=N–C) groups is 1. The van der Waals surface area contributed by atoms with E-state index in [4.69, 9.17) is 4.74 Å². The Morgan fingerprint density at radius 3 is 2.64 bits per heavy atom. The molecule has 1 aromatic carbocycles. The molecule has 0 saturated heterocycles. The first kappa shape index (κ1) is 16.8. The zero-order valence-electron chi connectivity index (χ0n) is 13.7. The lowest BCUT2D eigenvalue weighted by Crippen LogP contribution is -2.42. The summed E-state index contributed by atoms with van der Waals surface area (Å²) in [5, 5.41) is 6.73. The Morgan fingerprint density at radius 1 is 1.23 bits per heavy atom. The van der Waals surface area contributed by atoms with Crippen LogP contribution < -0.4 is 10.6 Å². The number of benzene rings is 1. The lowest BCUT2D eigenvalue weighted by atomic mass is 10.2. The van der Waals surface area contributed by atoms with E-state index in [2.05, 4.69) is 44.8 Å². The normalized spacial score (nSPS) is 15.1. The summed E-state index contributed by atoms with van der Waals surface area (Å²) in [4.78, 5) is 6.77.